The van der Waals surface area contributed by atoms with Crippen molar-refractivity contribution >= 4 is 29.1 Å². The predicted octanol–water partition coefficient (Wildman–Crippen LogP) is 4.59. The van der Waals surface area contributed by atoms with Crippen molar-refractivity contribution in [2.45, 2.75) is 51.9 Å². The molecular formula is C23H28Cl2N2O2. The van der Waals surface area contributed by atoms with Crippen LogP contribution in [0.2, 0.25) is 10.0 Å². The zero-order valence-corrected chi connectivity index (χ0v) is 18.9. The molecule has 1 aliphatic rings. The van der Waals surface area contributed by atoms with Crippen LogP contribution in [0.1, 0.15) is 35.6 Å². The van der Waals surface area contributed by atoms with Crippen molar-refractivity contribution < 1.29 is 9.90 Å². The minimum Gasteiger partial charge on any atom is -0.376 e. The van der Waals surface area contributed by atoms with Gasteiger partial charge in [-0.05, 0) is 57.5 Å². The van der Waals surface area contributed by atoms with Gasteiger partial charge in [0.15, 0.2) is 0 Å². The molecule has 3 rings (SSSR count). The Morgan fingerprint density at radius 2 is 1.86 bits per heavy atom. The minimum absolute atomic E-state index is 0.0423. The van der Waals surface area contributed by atoms with Crippen LogP contribution in [-0.2, 0) is 17.8 Å². The highest BCUT2D eigenvalue weighted by atomic mass is 35.5. The summed E-state index contributed by atoms with van der Waals surface area (Å²) in [5, 5.41) is 12.2. The molecule has 0 bridgehead atoms. The predicted molar refractivity (Wildman–Crippen MR) is 118 cm³/mol. The Kier molecular flexibility index (Phi) is 6.59. The second-order valence-corrected chi connectivity index (χ2v) is 9.19. The van der Waals surface area contributed by atoms with Crippen molar-refractivity contribution in [3.8, 4) is 0 Å². The zero-order chi connectivity index (χ0) is 21.3. The van der Waals surface area contributed by atoms with Crippen LogP contribution in [0.25, 0.3) is 0 Å². The summed E-state index contributed by atoms with van der Waals surface area (Å²) in [6.45, 7) is 7.14. The molecule has 1 saturated heterocycles. The Balaban J connectivity index is 1.69. The van der Waals surface area contributed by atoms with Crippen molar-refractivity contribution in [3.05, 3.63) is 68.7 Å². The van der Waals surface area contributed by atoms with Gasteiger partial charge >= 0.3 is 0 Å². The Morgan fingerprint density at radius 3 is 2.41 bits per heavy atom. The number of carbonyl (C=O) groups is 1. The van der Waals surface area contributed by atoms with Crippen LogP contribution >= 0.6 is 23.2 Å². The number of hydrogen-bond donors (Lipinski definition) is 1. The molecule has 4 nitrogen and oxygen atoms in total. The number of aliphatic hydroxyl groups excluding tert-OH is 1. The van der Waals surface area contributed by atoms with E-state index in [2.05, 4.69) is 6.07 Å². The fourth-order valence-corrected chi connectivity index (χ4v) is 4.64. The van der Waals surface area contributed by atoms with Gasteiger partial charge in [0.1, 0.15) is 6.23 Å². The van der Waals surface area contributed by atoms with E-state index in [4.69, 9.17) is 23.2 Å². The van der Waals surface area contributed by atoms with Gasteiger partial charge in [-0.25, -0.2) is 0 Å². The molecule has 2 unspecified atom stereocenters. The van der Waals surface area contributed by atoms with Crippen molar-refractivity contribution in [2.75, 3.05) is 13.6 Å². The summed E-state index contributed by atoms with van der Waals surface area (Å²) in [7, 11) is 1.84. The number of likely N-dealkylation sites (N-methyl/N-ethyl adjacent to an activating group) is 1. The standard InChI is InChI=1S/C23H28Cl2N2O2/c1-15-9-16(2)11-17(10-15)12-21(28)27-8-7-23(27,3)22(29)26(4)14-18-5-6-19(24)13-20(18)25/h5-6,9-11,13,22,29H,7-8,12,14H2,1-4H3. The van der Waals surface area contributed by atoms with Crippen molar-refractivity contribution in [1.82, 2.24) is 9.80 Å². The van der Waals surface area contributed by atoms with E-state index in [1.807, 2.05) is 50.9 Å². The van der Waals surface area contributed by atoms with Gasteiger partial charge in [-0.1, -0.05) is 58.6 Å². The lowest BCUT2D eigenvalue weighted by atomic mass is 9.83. The van der Waals surface area contributed by atoms with Crippen LogP contribution in [0.15, 0.2) is 36.4 Å². The molecule has 29 heavy (non-hydrogen) atoms. The van der Waals surface area contributed by atoms with E-state index in [9.17, 15) is 9.90 Å². The molecular weight excluding hydrogens is 407 g/mol. The average Bonchev–Trinajstić information content (AvgIpc) is 2.60. The lowest BCUT2D eigenvalue weighted by Crippen LogP contribution is -2.69. The number of aryl methyl sites for hydroxylation is 2. The zero-order valence-electron chi connectivity index (χ0n) is 17.4. The van der Waals surface area contributed by atoms with E-state index in [-0.39, 0.29) is 5.91 Å². The molecule has 1 aliphatic heterocycles. The first-order valence-corrected chi connectivity index (χ1v) is 10.6. The van der Waals surface area contributed by atoms with E-state index >= 15 is 0 Å². The van der Waals surface area contributed by atoms with Crippen LogP contribution in [0.4, 0.5) is 0 Å². The second-order valence-electron chi connectivity index (χ2n) is 8.35. The first-order valence-electron chi connectivity index (χ1n) is 9.80. The van der Waals surface area contributed by atoms with Gasteiger partial charge in [0.25, 0.3) is 0 Å². The molecule has 156 valence electrons. The summed E-state index contributed by atoms with van der Waals surface area (Å²) in [6, 6.07) is 11.5. The molecule has 1 heterocycles. The molecule has 2 aromatic carbocycles. The number of halogens is 2. The summed E-state index contributed by atoms with van der Waals surface area (Å²) < 4.78 is 0. The number of amides is 1. The van der Waals surface area contributed by atoms with Gasteiger partial charge in [-0.15, -0.1) is 0 Å². The molecule has 1 N–H and O–H groups in total. The maximum absolute atomic E-state index is 13.0. The largest absolute Gasteiger partial charge is 0.376 e. The SMILES string of the molecule is Cc1cc(C)cc(CC(=O)N2CCC2(C)C(O)N(C)Cc2ccc(Cl)cc2Cl)c1. The van der Waals surface area contributed by atoms with E-state index in [1.165, 1.54) is 0 Å². The lowest BCUT2D eigenvalue weighted by molar-refractivity contribution is -0.174. The minimum atomic E-state index is -0.800. The first-order chi connectivity index (χ1) is 13.6. The normalized spacial score (nSPS) is 19.9. The van der Waals surface area contributed by atoms with E-state index in [1.54, 1.807) is 17.0 Å². The Bertz CT molecular complexity index is 897. The molecule has 0 spiro atoms. The third-order valence-electron chi connectivity index (χ3n) is 5.80. The Morgan fingerprint density at radius 1 is 1.21 bits per heavy atom. The topological polar surface area (TPSA) is 43.8 Å². The second kappa shape index (κ2) is 8.65. The number of hydrogen-bond acceptors (Lipinski definition) is 3. The van der Waals surface area contributed by atoms with Gasteiger partial charge < -0.3 is 10.0 Å². The van der Waals surface area contributed by atoms with Gasteiger partial charge in [-0.3, -0.25) is 9.69 Å². The highest BCUT2D eigenvalue weighted by molar-refractivity contribution is 6.35. The quantitative estimate of drug-likeness (QED) is 0.675. The van der Waals surface area contributed by atoms with E-state index in [0.29, 0.717) is 29.6 Å². The summed E-state index contributed by atoms with van der Waals surface area (Å²) in [4.78, 5) is 16.6. The molecule has 2 atom stereocenters. The highest BCUT2D eigenvalue weighted by Crippen LogP contribution is 2.36. The molecule has 1 fully saturated rings. The number of nitrogens with zero attached hydrogens (tertiary/aromatic N) is 2. The van der Waals surface area contributed by atoms with E-state index in [0.717, 1.165) is 28.7 Å². The van der Waals surface area contributed by atoms with Gasteiger partial charge in [0.2, 0.25) is 5.91 Å². The number of rotatable bonds is 6. The summed E-state index contributed by atoms with van der Waals surface area (Å²) in [5.41, 5.74) is 3.58. The van der Waals surface area contributed by atoms with E-state index < -0.39 is 11.8 Å². The molecule has 1 amide bonds. The number of aliphatic hydroxyl groups is 1. The van der Waals surface area contributed by atoms with Crippen molar-refractivity contribution in [3.63, 3.8) is 0 Å². The van der Waals surface area contributed by atoms with Crippen LogP contribution < -0.4 is 0 Å². The fraction of sp³-hybridized carbons (Fsp3) is 0.435. The smallest absolute Gasteiger partial charge is 0.227 e. The molecule has 0 aromatic heterocycles. The Labute approximate surface area is 183 Å². The van der Waals surface area contributed by atoms with Gasteiger partial charge in [0.05, 0.1) is 12.0 Å². The molecule has 0 saturated carbocycles. The van der Waals surface area contributed by atoms with Crippen LogP contribution in [-0.4, -0.2) is 46.2 Å². The summed E-state index contributed by atoms with van der Waals surface area (Å²) in [5.74, 6) is 0.0423. The lowest BCUT2D eigenvalue weighted by Gasteiger charge is -2.55. The van der Waals surface area contributed by atoms with Crippen molar-refractivity contribution in [1.29, 1.82) is 0 Å². The fourth-order valence-electron chi connectivity index (χ4n) is 4.18. The maximum Gasteiger partial charge on any atom is 0.227 e. The average molecular weight is 435 g/mol. The van der Waals surface area contributed by atoms with Gasteiger partial charge in [0, 0.05) is 23.1 Å². The summed E-state index contributed by atoms with van der Waals surface area (Å²) in [6.07, 6.45) is 0.300. The Hall–Kier alpha value is -1.59. The molecule has 6 heteroatoms. The number of carbonyl (C=O) groups excluding carboxylic acids is 1. The van der Waals surface area contributed by atoms with Crippen LogP contribution in [0.3, 0.4) is 0 Å². The maximum atomic E-state index is 13.0. The van der Waals surface area contributed by atoms with Gasteiger partial charge in [-0.2, -0.15) is 0 Å². The van der Waals surface area contributed by atoms with Crippen LogP contribution in [0, 0.1) is 13.8 Å². The summed E-state index contributed by atoms with van der Waals surface area (Å²) >= 11 is 12.2. The van der Waals surface area contributed by atoms with Crippen LogP contribution in [0.5, 0.6) is 0 Å². The first kappa shape index (κ1) is 22.1. The van der Waals surface area contributed by atoms with Crippen molar-refractivity contribution in [2.24, 2.45) is 0 Å². The molecule has 2 aromatic rings. The molecule has 0 aliphatic carbocycles. The number of likely N-dealkylation sites (tertiary alicyclic amines) is 1. The number of benzene rings is 2. The molecule has 0 radical (unpaired) electrons. The third-order valence-corrected chi connectivity index (χ3v) is 6.39. The monoisotopic (exact) mass is 434 g/mol. The third kappa shape index (κ3) is 4.77. The highest BCUT2D eigenvalue weighted by Gasteiger charge is 2.49.